The largest absolute Gasteiger partial charge is 0.347 e. The summed E-state index contributed by atoms with van der Waals surface area (Å²) in [6, 6.07) is 10.1. The molecule has 0 saturated carbocycles. The quantitative estimate of drug-likeness (QED) is 0.479. The van der Waals surface area contributed by atoms with Gasteiger partial charge in [-0.25, -0.2) is 8.42 Å². The van der Waals surface area contributed by atoms with Crippen molar-refractivity contribution < 1.29 is 22.9 Å². The van der Waals surface area contributed by atoms with Crippen molar-refractivity contribution in [1.82, 2.24) is 5.32 Å². The third-order valence-corrected chi connectivity index (χ3v) is 5.42. The van der Waals surface area contributed by atoms with Crippen LogP contribution in [0.2, 0.25) is 0 Å². The summed E-state index contributed by atoms with van der Waals surface area (Å²) in [5, 5.41) is 16.5. The minimum Gasteiger partial charge on any atom is -0.347 e. The average Bonchev–Trinajstić information content (AvgIpc) is 2.64. The lowest BCUT2D eigenvalue weighted by Gasteiger charge is -2.24. The van der Waals surface area contributed by atoms with E-state index < -0.39 is 38.8 Å². The van der Waals surface area contributed by atoms with Gasteiger partial charge in [0.2, 0.25) is 15.9 Å². The van der Waals surface area contributed by atoms with Gasteiger partial charge in [0.1, 0.15) is 6.54 Å². The number of nitro benzene ring substituents is 1. The number of anilines is 2. The predicted octanol–water partition coefficient (Wildman–Crippen LogP) is 2.84. The highest BCUT2D eigenvalue weighted by Gasteiger charge is 2.25. The van der Waals surface area contributed by atoms with Crippen molar-refractivity contribution in [3.05, 3.63) is 63.7 Å². The molecule has 32 heavy (non-hydrogen) atoms. The predicted molar refractivity (Wildman–Crippen MR) is 122 cm³/mol. The van der Waals surface area contributed by atoms with Gasteiger partial charge in [0.05, 0.1) is 28.1 Å². The Balaban J connectivity index is 2.34. The molecule has 172 valence electrons. The molecule has 2 aromatic carbocycles. The van der Waals surface area contributed by atoms with Crippen molar-refractivity contribution in [2.24, 2.45) is 0 Å². The molecule has 0 heterocycles. The minimum atomic E-state index is -3.95. The standard InChI is InChI=1S/C21H26N4O6S/c1-14-10-11-15(25(28)29)12-18(14)24(32(5,30)31)13-19(26)22-17-9-7-6-8-16(17)20(27)23-21(2,3)4/h6-12H,13H2,1-5H3,(H,22,26)(H,23,27). The van der Waals surface area contributed by atoms with E-state index in [1.807, 2.05) is 20.8 Å². The third kappa shape index (κ3) is 6.51. The lowest BCUT2D eigenvalue weighted by molar-refractivity contribution is -0.384. The van der Waals surface area contributed by atoms with Gasteiger partial charge in [-0.15, -0.1) is 0 Å². The topological polar surface area (TPSA) is 139 Å². The first-order chi connectivity index (χ1) is 14.7. The Labute approximate surface area is 186 Å². The van der Waals surface area contributed by atoms with Gasteiger partial charge in [0.15, 0.2) is 0 Å². The number of nitrogens with one attached hydrogen (secondary N) is 2. The minimum absolute atomic E-state index is 0.0237. The first-order valence-electron chi connectivity index (χ1n) is 9.63. The van der Waals surface area contributed by atoms with Gasteiger partial charge >= 0.3 is 0 Å². The van der Waals surface area contributed by atoms with E-state index in [0.717, 1.165) is 16.6 Å². The van der Waals surface area contributed by atoms with Gasteiger partial charge in [-0.3, -0.25) is 24.0 Å². The second-order valence-electron chi connectivity index (χ2n) is 8.30. The number of carbonyl (C=O) groups is 2. The Morgan fingerprint density at radius 3 is 2.31 bits per heavy atom. The van der Waals surface area contributed by atoms with E-state index in [0.29, 0.717) is 5.56 Å². The van der Waals surface area contributed by atoms with Crippen LogP contribution in [-0.2, 0) is 14.8 Å². The Hall–Kier alpha value is -3.47. The van der Waals surface area contributed by atoms with E-state index in [2.05, 4.69) is 10.6 Å². The number of sulfonamides is 1. The smallest absolute Gasteiger partial charge is 0.271 e. The van der Waals surface area contributed by atoms with Gasteiger partial charge in [0, 0.05) is 17.7 Å². The summed E-state index contributed by atoms with van der Waals surface area (Å²) in [5.41, 5.74) is 0.0934. The molecule has 11 heteroatoms. The van der Waals surface area contributed by atoms with Crippen molar-refractivity contribution in [2.45, 2.75) is 33.2 Å². The first-order valence-corrected chi connectivity index (χ1v) is 11.5. The van der Waals surface area contributed by atoms with E-state index in [1.165, 1.54) is 24.3 Å². The summed E-state index contributed by atoms with van der Waals surface area (Å²) in [6.45, 7) is 6.41. The summed E-state index contributed by atoms with van der Waals surface area (Å²) >= 11 is 0. The summed E-state index contributed by atoms with van der Waals surface area (Å²) in [7, 11) is -3.95. The maximum absolute atomic E-state index is 12.8. The molecule has 0 aliphatic heterocycles. The number of carbonyl (C=O) groups excluding carboxylic acids is 2. The molecule has 0 aromatic heterocycles. The Bertz CT molecular complexity index is 1160. The Morgan fingerprint density at radius 1 is 1.12 bits per heavy atom. The van der Waals surface area contributed by atoms with Crippen LogP contribution in [-0.4, -0.2) is 43.5 Å². The lowest BCUT2D eigenvalue weighted by Crippen LogP contribution is -2.41. The zero-order valence-electron chi connectivity index (χ0n) is 18.5. The Kier molecular flexibility index (Phi) is 7.24. The molecule has 2 aromatic rings. The molecule has 2 amide bonds. The van der Waals surface area contributed by atoms with Crippen LogP contribution in [0.15, 0.2) is 42.5 Å². The van der Waals surface area contributed by atoms with Crippen molar-refractivity contribution in [3.8, 4) is 0 Å². The fourth-order valence-electron chi connectivity index (χ4n) is 2.88. The summed E-state index contributed by atoms with van der Waals surface area (Å²) in [6.07, 6.45) is 0.906. The molecular formula is C21H26N4O6S. The summed E-state index contributed by atoms with van der Waals surface area (Å²) < 4.78 is 25.6. The number of rotatable bonds is 7. The van der Waals surface area contributed by atoms with E-state index in [1.54, 1.807) is 19.1 Å². The van der Waals surface area contributed by atoms with Gasteiger partial charge in [-0.2, -0.15) is 0 Å². The molecule has 0 saturated heterocycles. The van der Waals surface area contributed by atoms with Crippen molar-refractivity contribution in [3.63, 3.8) is 0 Å². The number of nitrogens with zero attached hydrogens (tertiary/aromatic N) is 2. The van der Waals surface area contributed by atoms with E-state index in [4.69, 9.17) is 0 Å². The normalized spacial score (nSPS) is 11.5. The fourth-order valence-corrected chi connectivity index (χ4v) is 3.79. The van der Waals surface area contributed by atoms with Crippen LogP contribution in [0.4, 0.5) is 17.1 Å². The van der Waals surface area contributed by atoms with Crippen LogP contribution in [0.3, 0.4) is 0 Å². The van der Waals surface area contributed by atoms with Gasteiger partial charge in [0.25, 0.3) is 11.6 Å². The number of amides is 2. The summed E-state index contributed by atoms with van der Waals surface area (Å²) in [4.78, 5) is 35.8. The maximum atomic E-state index is 12.8. The van der Waals surface area contributed by atoms with Crippen molar-refractivity contribution in [2.75, 3.05) is 22.4 Å². The highest BCUT2D eigenvalue weighted by molar-refractivity contribution is 7.92. The number of para-hydroxylation sites is 1. The number of hydrogen-bond acceptors (Lipinski definition) is 6. The number of hydrogen-bond donors (Lipinski definition) is 2. The van der Waals surface area contributed by atoms with Crippen LogP contribution in [0.5, 0.6) is 0 Å². The average molecular weight is 463 g/mol. The van der Waals surface area contributed by atoms with Crippen LogP contribution >= 0.6 is 0 Å². The number of aryl methyl sites for hydroxylation is 1. The number of nitro groups is 1. The molecule has 0 aliphatic rings. The summed E-state index contributed by atoms with van der Waals surface area (Å²) in [5.74, 6) is -1.11. The van der Waals surface area contributed by atoms with E-state index in [9.17, 15) is 28.1 Å². The zero-order chi connectivity index (χ0) is 24.3. The van der Waals surface area contributed by atoms with Crippen molar-refractivity contribution in [1.29, 1.82) is 0 Å². The molecule has 10 nitrogen and oxygen atoms in total. The van der Waals surface area contributed by atoms with Gasteiger partial charge < -0.3 is 10.6 Å². The maximum Gasteiger partial charge on any atom is 0.271 e. The molecule has 0 unspecified atom stereocenters. The highest BCUT2D eigenvalue weighted by Crippen LogP contribution is 2.27. The zero-order valence-corrected chi connectivity index (χ0v) is 19.3. The number of non-ortho nitro benzene ring substituents is 1. The molecule has 0 bridgehead atoms. The van der Waals surface area contributed by atoms with Gasteiger partial charge in [-0.05, 0) is 45.4 Å². The lowest BCUT2D eigenvalue weighted by atomic mass is 10.1. The van der Waals surface area contributed by atoms with Crippen LogP contribution in [0.1, 0.15) is 36.7 Å². The molecule has 0 fully saturated rings. The molecule has 0 aliphatic carbocycles. The Morgan fingerprint density at radius 2 is 1.75 bits per heavy atom. The fraction of sp³-hybridized carbons (Fsp3) is 0.333. The first kappa shape index (κ1) is 24.8. The van der Waals surface area contributed by atoms with Crippen LogP contribution in [0, 0.1) is 17.0 Å². The highest BCUT2D eigenvalue weighted by atomic mass is 32.2. The monoisotopic (exact) mass is 462 g/mol. The molecule has 0 atom stereocenters. The van der Waals surface area contributed by atoms with Crippen LogP contribution < -0.4 is 14.9 Å². The second-order valence-corrected chi connectivity index (χ2v) is 10.2. The number of benzene rings is 2. The van der Waals surface area contributed by atoms with Crippen molar-refractivity contribution >= 4 is 38.9 Å². The SMILES string of the molecule is Cc1ccc([N+](=O)[O-])cc1N(CC(=O)Nc1ccccc1C(=O)NC(C)(C)C)S(C)(=O)=O. The molecular weight excluding hydrogens is 436 g/mol. The molecule has 2 rings (SSSR count). The van der Waals surface area contributed by atoms with E-state index >= 15 is 0 Å². The molecule has 2 N–H and O–H groups in total. The van der Waals surface area contributed by atoms with Crippen LogP contribution in [0.25, 0.3) is 0 Å². The molecule has 0 spiro atoms. The second kappa shape index (κ2) is 9.35. The van der Waals surface area contributed by atoms with Gasteiger partial charge in [-0.1, -0.05) is 18.2 Å². The van der Waals surface area contributed by atoms with E-state index in [-0.39, 0.29) is 22.6 Å². The molecule has 0 radical (unpaired) electrons. The third-order valence-electron chi connectivity index (χ3n) is 4.29.